The van der Waals surface area contributed by atoms with E-state index in [0.717, 1.165) is 13.0 Å². The van der Waals surface area contributed by atoms with Gasteiger partial charge in [0, 0.05) is 12.7 Å². The van der Waals surface area contributed by atoms with Gasteiger partial charge in [-0.3, -0.25) is 0 Å². The molecule has 3 nitrogen and oxygen atoms in total. The lowest BCUT2D eigenvalue weighted by Crippen LogP contribution is -2.31. The number of amides is 2. The highest BCUT2D eigenvalue weighted by Gasteiger charge is 2.29. The van der Waals surface area contributed by atoms with Gasteiger partial charge in [0.1, 0.15) is 0 Å². The minimum atomic E-state index is -0.313. The fourth-order valence-electron chi connectivity index (χ4n) is 1.96. The lowest BCUT2D eigenvalue weighted by Gasteiger charge is -2.11. The Morgan fingerprint density at radius 3 is 3.18 bits per heavy atom. The maximum absolute atomic E-state index is 10.7. The molecular weight excluding hydrogens is 140 g/mol. The van der Waals surface area contributed by atoms with Gasteiger partial charge < -0.3 is 10.6 Å². The summed E-state index contributed by atoms with van der Waals surface area (Å²) >= 11 is 0. The van der Waals surface area contributed by atoms with Crippen LogP contribution in [0.5, 0.6) is 0 Å². The summed E-state index contributed by atoms with van der Waals surface area (Å²) < 4.78 is 0. The summed E-state index contributed by atoms with van der Waals surface area (Å²) in [7, 11) is 0. The average Bonchev–Trinajstić information content (AvgIpc) is 2.40. The third-order valence-electron chi connectivity index (χ3n) is 2.56. The third-order valence-corrected chi connectivity index (χ3v) is 2.56. The number of rotatable bonds is 0. The van der Waals surface area contributed by atoms with Crippen LogP contribution in [0.15, 0.2) is 11.8 Å². The largest absolute Gasteiger partial charge is 0.351 e. The molecule has 1 atom stereocenters. The number of nitrogens with zero attached hydrogens (tertiary/aromatic N) is 1. The number of nitrogens with two attached hydrogens (primary N) is 1. The minimum Gasteiger partial charge on any atom is -0.351 e. The molecule has 0 aromatic heterocycles. The van der Waals surface area contributed by atoms with Crippen LogP contribution in [0.4, 0.5) is 4.79 Å². The smallest absolute Gasteiger partial charge is 0.318 e. The zero-order valence-corrected chi connectivity index (χ0v) is 6.42. The van der Waals surface area contributed by atoms with Gasteiger partial charge in [-0.1, -0.05) is 0 Å². The van der Waals surface area contributed by atoms with E-state index in [2.05, 4.69) is 0 Å². The molecule has 0 spiro atoms. The molecule has 11 heavy (non-hydrogen) atoms. The summed E-state index contributed by atoms with van der Waals surface area (Å²) in [6.45, 7) is 0.824. The number of fused-ring (bicyclic) bond motifs is 1. The van der Waals surface area contributed by atoms with E-state index in [-0.39, 0.29) is 6.03 Å². The van der Waals surface area contributed by atoms with Gasteiger partial charge in [-0.15, -0.1) is 0 Å². The molecule has 0 bridgehead atoms. The molecule has 2 N–H and O–H groups in total. The monoisotopic (exact) mass is 152 g/mol. The molecule has 0 saturated heterocycles. The predicted octanol–water partition coefficient (Wildman–Crippen LogP) is 1.06. The number of hydrogen-bond acceptors (Lipinski definition) is 1. The van der Waals surface area contributed by atoms with Crippen LogP contribution in [-0.4, -0.2) is 17.5 Å². The molecule has 1 fully saturated rings. The van der Waals surface area contributed by atoms with E-state index >= 15 is 0 Å². The van der Waals surface area contributed by atoms with Crippen molar-refractivity contribution in [1.82, 2.24) is 4.90 Å². The van der Waals surface area contributed by atoms with E-state index < -0.39 is 0 Å². The molecule has 0 radical (unpaired) electrons. The first-order chi connectivity index (χ1) is 5.27. The van der Waals surface area contributed by atoms with Crippen LogP contribution in [0.3, 0.4) is 0 Å². The van der Waals surface area contributed by atoms with Gasteiger partial charge in [0.05, 0.1) is 0 Å². The van der Waals surface area contributed by atoms with Crippen LogP contribution in [0.2, 0.25) is 0 Å². The Hall–Kier alpha value is -0.990. The van der Waals surface area contributed by atoms with Crippen LogP contribution >= 0.6 is 0 Å². The van der Waals surface area contributed by atoms with Crippen molar-refractivity contribution in [2.45, 2.75) is 19.3 Å². The highest BCUT2D eigenvalue weighted by Crippen LogP contribution is 2.35. The van der Waals surface area contributed by atoms with Crippen molar-refractivity contribution in [2.75, 3.05) is 6.54 Å². The Balaban J connectivity index is 2.13. The van der Waals surface area contributed by atoms with Gasteiger partial charge >= 0.3 is 6.03 Å². The second kappa shape index (κ2) is 2.26. The summed E-state index contributed by atoms with van der Waals surface area (Å²) in [6.07, 6.45) is 5.60. The normalized spacial score (nSPS) is 28.5. The molecule has 2 amide bonds. The van der Waals surface area contributed by atoms with Gasteiger partial charge in [-0.2, -0.15) is 0 Å². The molecule has 0 aromatic rings. The van der Waals surface area contributed by atoms with Gasteiger partial charge in [0.25, 0.3) is 0 Å². The quantitative estimate of drug-likeness (QED) is 0.554. The topological polar surface area (TPSA) is 46.3 Å². The molecule has 3 heteroatoms. The minimum absolute atomic E-state index is 0.313. The second-order valence-corrected chi connectivity index (χ2v) is 3.28. The molecule has 1 aliphatic carbocycles. The van der Waals surface area contributed by atoms with Gasteiger partial charge in [-0.25, -0.2) is 4.79 Å². The van der Waals surface area contributed by atoms with Crippen LogP contribution < -0.4 is 5.73 Å². The number of carbonyl (C=O) groups is 1. The maximum atomic E-state index is 10.7. The van der Waals surface area contributed by atoms with E-state index in [4.69, 9.17) is 5.73 Å². The molecule has 2 aliphatic rings. The van der Waals surface area contributed by atoms with Crippen LogP contribution in [0.25, 0.3) is 0 Å². The molecule has 1 saturated carbocycles. The number of urea groups is 1. The first kappa shape index (κ1) is 6.70. The average molecular weight is 152 g/mol. The van der Waals surface area contributed by atoms with Gasteiger partial charge in [-0.05, 0) is 30.8 Å². The maximum Gasteiger partial charge on any atom is 0.318 e. The van der Waals surface area contributed by atoms with Crippen molar-refractivity contribution in [3.63, 3.8) is 0 Å². The zero-order valence-electron chi connectivity index (χ0n) is 6.42. The highest BCUT2D eigenvalue weighted by molar-refractivity contribution is 5.74. The summed E-state index contributed by atoms with van der Waals surface area (Å²) in [5.74, 6) is 0.627. The van der Waals surface area contributed by atoms with Crippen molar-refractivity contribution < 1.29 is 4.79 Å². The van der Waals surface area contributed by atoms with E-state index in [9.17, 15) is 4.79 Å². The Morgan fingerprint density at radius 2 is 2.55 bits per heavy atom. The van der Waals surface area contributed by atoms with E-state index in [1.54, 1.807) is 4.90 Å². The lowest BCUT2D eigenvalue weighted by molar-refractivity contribution is 0.224. The summed E-state index contributed by atoms with van der Waals surface area (Å²) in [5.41, 5.74) is 6.56. The first-order valence-corrected chi connectivity index (χ1v) is 4.04. The molecule has 60 valence electrons. The van der Waals surface area contributed by atoms with Crippen molar-refractivity contribution in [3.05, 3.63) is 11.8 Å². The number of primary amides is 1. The summed E-state index contributed by atoms with van der Waals surface area (Å²) in [6, 6.07) is -0.313. The third kappa shape index (κ3) is 1.00. The summed E-state index contributed by atoms with van der Waals surface area (Å²) in [4.78, 5) is 12.4. The van der Waals surface area contributed by atoms with Gasteiger partial charge in [0.15, 0.2) is 0 Å². The van der Waals surface area contributed by atoms with E-state index in [1.807, 2.05) is 6.20 Å². The molecule has 1 aliphatic heterocycles. The van der Waals surface area contributed by atoms with Crippen molar-refractivity contribution in [3.8, 4) is 0 Å². The standard InChI is InChI=1S/C8H12N2O/c9-8(11)10-4-6-2-1-3-7(6)5-10/h4,7H,1-3,5H2,(H2,9,11). The molecule has 2 rings (SSSR count). The fourth-order valence-corrected chi connectivity index (χ4v) is 1.96. The number of carbonyl (C=O) groups excluding carboxylic acids is 1. The SMILES string of the molecule is NC(=O)N1C=C2CCCC2C1. The zero-order chi connectivity index (χ0) is 7.84. The number of hydrogen-bond donors (Lipinski definition) is 1. The summed E-state index contributed by atoms with van der Waals surface area (Å²) in [5, 5.41) is 0. The Bertz CT molecular complexity index is 222. The molecular formula is C8H12N2O. The van der Waals surface area contributed by atoms with Crippen molar-refractivity contribution >= 4 is 6.03 Å². The lowest BCUT2D eigenvalue weighted by atomic mass is 10.1. The van der Waals surface area contributed by atoms with Crippen LogP contribution in [0.1, 0.15) is 19.3 Å². The van der Waals surface area contributed by atoms with Crippen LogP contribution in [0, 0.1) is 5.92 Å². The van der Waals surface area contributed by atoms with Crippen LogP contribution in [-0.2, 0) is 0 Å². The molecule has 1 heterocycles. The highest BCUT2D eigenvalue weighted by atomic mass is 16.2. The first-order valence-electron chi connectivity index (χ1n) is 4.04. The Labute approximate surface area is 65.9 Å². The second-order valence-electron chi connectivity index (χ2n) is 3.28. The van der Waals surface area contributed by atoms with E-state index in [0.29, 0.717) is 5.92 Å². The fraction of sp³-hybridized carbons (Fsp3) is 0.625. The molecule has 1 unspecified atom stereocenters. The molecule has 0 aromatic carbocycles. The van der Waals surface area contributed by atoms with Gasteiger partial charge in [0.2, 0.25) is 0 Å². The van der Waals surface area contributed by atoms with Crippen molar-refractivity contribution in [2.24, 2.45) is 11.7 Å². The van der Waals surface area contributed by atoms with Crippen molar-refractivity contribution in [1.29, 1.82) is 0 Å². The Morgan fingerprint density at radius 1 is 1.73 bits per heavy atom. The predicted molar refractivity (Wildman–Crippen MR) is 41.7 cm³/mol. The Kier molecular flexibility index (Phi) is 1.37. The van der Waals surface area contributed by atoms with E-state index in [1.165, 1.54) is 18.4 Å².